The Morgan fingerprint density at radius 2 is 2.05 bits per heavy atom. The molecule has 114 valence electrons. The van der Waals surface area contributed by atoms with Crippen molar-refractivity contribution in [2.24, 2.45) is 0 Å². The van der Waals surface area contributed by atoms with E-state index < -0.39 is 0 Å². The standard InChI is InChI=1S/C15H20N2O4/c1-12(18)17(13-4-3-5-14(10-13)20-2)11-15(19)16-6-8-21-9-7-16/h3-5,10H,6-9,11H2,1-2H3. The highest BCUT2D eigenvalue weighted by Crippen LogP contribution is 2.21. The van der Waals surface area contributed by atoms with Crippen molar-refractivity contribution in [1.82, 2.24) is 4.90 Å². The van der Waals surface area contributed by atoms with Crippen LogP contribution in [0.1, 0.15) is 6.92 Å². The number of anilines is 1. The fourth-order valence-corrected chi connectivity index (χ4v) is 2.21. The van der Waals surface area contributed by atoms with Crippen molar-refractivity contribution >= 4 is 17.5 Å². The Labute approximate surface area is 124 Å². The first-order valence-electron chi connectivity index (χ1n) is 6.89. The predicted molar refractivity (Wildman–Crippen MR) is 78.4 cm³/mol. The van der Waals surface area contributed by atoms with E-state index in [-0.39, 0.29) is 18.4 Å². The van der Waals surface area contributed by atoms with E-state index >= 15 is 0 Å². The summed E-state index contributed by atoms with van der Waals surface area (Å²) < 4.78 is 10.4. The van der Waals surface area contributed by atoms with E-state index in [9.17, 15) is 9.59 Å². The van der Waals surface area contributed by atoms with Gasteiger partial charge in [0.15, 0.2) is 0 Å². The fraction of sp³-hybridized carbons (Fsp3) is 0.467. The van der Waals surface area contributed by atoms with E-state index in [1.165, 1.54) is 11.8 Å². The lowest BCUT2D eigenvalue weighted by Crippen LogP contribution is -2.46. The van der Waals surface area contributed by atoms with Crippen molar-refractivity contribution < 1.29 is 19.1 Å². The first kappa shape index (κ1) is 15.3. The summed E-state index contributed by atoms with van der Waals surface area (Å²) in [6, 6.07) is 7.12. The van der Waals surface area contributed by atoms with Crippen molar-refractivity contribution in [2.45, 2.75) is 6.92 Å². The van der Waals surface area contributed by atoms with Crippen LogP contribution in [0.5, 0.6) is 5.75 Å². The highest BCUT2D eigenvalue weighted by atomic mass is 16.5. The van der Waals surface area contributed by atoms with Gasteiger partial charge in [-0.05, 0) is 12.1 Å². The van der Waals surface area contributed by atoms with Gasteiger partial charge < -0.3 is 19.3 Å². The normalized spacial score (nSPS) is 14.7. The van der Waals surface area contributed by atoms with Crippen LogP contribution < -0.4 is 9.64 Å². The number of ether oxygens (including phenoxy) is 2. The number of carbonyl (C=O) groups is 2. The molecule has 0 radical (unpaired) electrons. The Morgan fingerprint density at radius 3 is 2.67 bits per heavy atom. The van der Waals surface area contributed by atoms with Gasteiger partial charge >= 0.3 is 0 Å². The summed E-state index contributed by atoms with van der Waals surface area (Å²) >= 11 is 0. The third-order valence-electron chi connectivity index (χ3n) is 3.40. The zero-order valence-electron chi connectivity index (χ0n) is 12.4. The number of carbonyl (C=O) groups excluding carboxylic acids is 2. The van der Waals surface area contributed by atoms with Crippen LogP contribution >= 0.6 is 0 Å². The van der Waals surface area contributed by atoms with Gasteiger partial charge in [-0.2, -0.15) is 0 Å². The van der Waals surface area contributed by atoms with Gasteiger partial charge in [0.25, 0.3) is 0 Å². The molecule has 1 fully saturated rings. The van der Waals surface area contributed by atoms with Crippen molar-refractivity contribution in [3.05, 3.63) is 24.3 Å². The molecule has 0 spiro atoms. The highest BCUT2D eigenvalue weighted by Gasteiger charge is 2.22. The first-order chi connectivity index (χ1) is 10.1. The van der Waals surface area contributed by atoms with Crippen LogP contribution in [0.4, 0.5) is 5.69 Å². The average molecular weight is 292 g/mol. The van der Waals surface area contributed by atoms with E-state index in [2.05, 4.69) is 0 Å². The smallest absolute Gasteiger partial charge is 0.242 e. The largest absolute Gasteiger partial charge is 0.497 e. The van der Waals surface area contributed by atoms with E-state index in [0.717, 1.165) is 0 Å². The van der Waals surface area contributed by atoms with Crippen LogP contribution in [-0.2, 0) is 14.3 Å². The summed E-state index contributed by atoms with van der Waals surface area (Å²) in [6.45, 7) is 3.72. The summed E-state index contributed by atoms with van der Waals surface area (Å²) in [5, 5.41) is 0. The molecule has 2 amide bonds. The summed E-state index contributed by atoms with van der Waals surface area (Å²) in [5.41, 5.74) is 0.656. The number of amides is 2. The van der Waals surface area contributed by atoms with Gasteiger partial charge in [0.1, 0.15) is 12.3 Å². The molecule has 1 aliphatic rings. The third-order valence-corrected chi connectivity index (χ3v) is 3.40. The van der Waals surface area contributed by atoms with Crippen LogP contribution in [-0.4, -0.2) is 56.7 Å². The van der Waals surface area contributed by atoms with Gasteiger partial charge in [-0.1, -0.05) is 6.07 Å². The molecule has 1 aliphatic heterocycles. The van der Waals surface area contributed by atoms with Crippen LogP contribution in [0.3, 0.4) is 0 Å². The van der Waals surface area contributed by atoms with Crippen molar-refractivity contribution in [3.63, 3.8) is 0 Å². The van der Waals surface area contributed by atoms with Gasteiger partial charge in [0.2, 0.25) is 11.8 Å². The average Bonchev–Trinajstić information content (AvgIpc) is 2.53. The van der Waals surface area contributed by atoms with E-state index in [1.807, 2.05) is 0 Å². The molecule has 0 saturated carbocycles. The second-order valence-corrected chi connectivity index (χ2v) is 4.80. The zero-order chi connectivity index (χ0) is 15.2. The molecule has 6 nitrogen and oxygen atoms in total. The lowest BCUT2D eigenvalue weighted by atomic mass is 10.2. The lowest BCUT2D eigenvalue weighted by Gasteiger charge is -2.29. The number of benzene rings is 1. The Kier molecular flexibility index (Phi) is 5.16. The number of rotatable bonds is 4. The van der Waals surface area contributed by atoms with Crippen molar-refractivity contribution in [3.8, 4) is 5.75 Å². The maximum atomic E-state index is 12.3. The maximum absolute atomic E-state index is 12.3. The molecule has 0 aliphatic carbocycles. The zero-order valence-corrected chi connectivity index (χ0v) is 12.4. The Bertz CT molecular complexity index is 512. The van der Waals surface area contributed by atoms with Crippen molar-refractivity contribution in [1.29, 1.82) is 0 Å². The van der Waals surface area contributed by atoms with E-state index in [4.69, 9.17) is 9.47 Å². The molecule has 1 aromatic rings. The number of morpholine rings is 1. The summed E-state index contributed by atoms with van der Waals surface area (Å²) in [7, 11) is 1.57. The van der Waals surface area contributed by atoms with Gasteiger partial charge in [0, 0.05) is 31.8 Å². The van der Waals surface area contributed by atoms with Crippen molar-refractivity contribution in [2.75, 3.05) is 44.9 Å². The minimum absolute atomic E-state index is 0.0303. The van der Waals surface area contributed by atoms with Crippen LogP contribution in [0.2, 0.25) is 0 Å². The molecule has 0 N–H and O–H groups in total. The molecule has 1 heterocycles. The molecular formula is C15H20N2O4. The number of hydrogen-bond acceptors (Lipinski definition) is 4. The highest BCUT2D eigenvalue weighted by molar-refractivity contribution is 5.97. The molecule has 1 aromatic carbocycles. The van der Waals surface area contributed by atoms with Gasteiger partial charge in [0.05, 0.1) is 20.3 Å². The quantitative estimate of drug-likeness (QED) is 0.827. The van der Waals surface area contributed by atoms with Gasteiger partial charge in [-0.25, -0.2) is 0 Å². The van der Waals surface area contributed by atoms with Crippen LogP contribution in [0.25, 0.3) is 0 Å². The van der Waals surface area contributed by atoms with Crippen LogP contribution in [0, 0.1) is 0 Å². The van der Waals surface area contributed by atoms with Gasteiger partial charge in [-0.3, -0.25) is 9.59 Å². The molecule has 0 unspecified atom stereocenters. The Balaban J connectivity index is 2.11. The van der Waals surface area contributed by atoms with Crippen LogP contribution in [0.15, 0.2) is 24.3 Å². The van der Waals surface area contributed by atoms with E-state index in [0.29, 0.717) is 37.7 Å². The monoisotopic (exact) mass is 292 g/mol. The third kappa shape index (κ3) is 3.95. The molecule has 0 bridgehead atoms. The van der Waals surface area contributed by atoms with Gasteiger partial charge in [-0.15, -0.1) is 0 Å². The summed E-state index contributed by atoms with van der Waals surface area (Å²) in [4.78, 5) is 27.3. The predicted octanol–water partition coefficient (Wildman–Crippen LogP) is 0.907. The minimum atomic E-state index is -0.176. The number of hydrogen-bond donors (Lipinski definition) is 0. The summed E-state index contributed by atoms with van der Waals surface area (Å²) in [5.74, 6) is 0.402. The number of methoxy groups -OCH3 is 1. The minimum Gasteiger partial charge on any atom is -0.497 e. The Morgan fingerprint density at radius 1 is 1.33 bits per heavy atom. The SMILES string of the molecule is COc1cccc(N(CC(=O)N2CCOCC2)C(C)=O)c1. The maximum Gasteiger partial charge on any atom is 0.242 e. The molecule has 2 rings (SSSR count). The molecule has 0 aromatic heterocycles. The fourth-order valence-electron chi connectivity index (χ4n) is 2.21. The summed E-state index contributed by atoms with van der Waals surface area (Å²) in [6.07, 6.45) is 0. The molecule has 1 saturated heterocycles. The number of nitrogens with zero attached hydrogens (tertiary/aromatic N) is 2. The molecule has 0 atom stereocenters. The first-order valence-corrected chi connectivity index (χ1v) is 6.89. The molecule has 6 heteroatoms. The molecule has 21 heavy (non-hydrogen) atoms. The molecular weight excluding hydrogens is 272 g/mol. The Hall–Kier alpha value is -2.08. The topological polar surface area (TPSA) is 59.1 Å². The second kappa shape index (κ2) is 7.08. The second-order valence-electron chi connectivity index (χ2n) is 4.80. The van der Waals surface area contributed by atoms with E-state index in [1.54, 1.807) is 36.3 Å². The lowest BCUT2D eigenvalue weighted by molar-refractivity contribution is -0.134.